The first-order chi connectivity index (χ1) is 15.2. The third-order valence-electron chi connectivity index (χ3n) is 6.51. The zero-order valence-corrected chi connectivity index (χ0v) is 18.9. The summed E-state index contributed by atoms with van der Waals surface area (Å²) in [6.45, 7) is 8.22. The van der Waals surface area contributed by atoms with Gasteiger partial charge in [-0.2, -0.15) is 5.10 Å². The van der Waals surface area contributed by atoms with Gasteiger partial charge >= 0.3 is 0 Å². The lowest BCUT2D eigenvalue weighted by Crippen LogP contribution is -2.45. The van der Waals surface area contributed by atoms with Crippen molar-refractivity contribution in [2.24, 2.45) is 0 Å². The number of hydrogen-bond donors (Lipinski definition) is 0. The van der Waals surface area contributed by atoms with Crippen LogP contribution in [-0.4, -0.2) is 82.6 Å². The van der Waals surface area contributed by atoms with Crippen LogP contribution in [0.15, 0.2) is 30.3 Å². The lowest BCUT2D eigenvalue weighted by Gasteiger charge is -2.32. The fraction of sp³-hybridized carbons (Fsp3) is 0.522. The predicted molar refractivity (Wildman–Crippen MR) is 126 cm³/mol. The maximum absolute atomic E-state index is 6.98. The predicted octanol–water partition coefficient (Wildman–Crippen LogP) is 3.38. The molecular formula is C23H30ClN7. The van der Waals surface area contributed by atoms with Crippen LogP contribution in [0.4, 0.5) is 5.82 Å². The van der Waals surface area contributed by atoms with Crippen molar-refractivity contribution in [2.45, 2.75) is 25.8 Å². The number of piperidine rings is 1. The van der Waals surface area contributed by atoms with Gasteiger partial charge in [0, 0.05) is 51.4 Å². The van der Waals surface area contributed by atoms with Gasteiger partial charge in [-0.15, -0.1) is 10.2 Å². The Kier molecular flexibility index (Phi) is 6.07. The SMILES string of the molecule is CN1CCN(CCn2nc(N3CCCCC3)c3c(Cl)c(-c4ccccc4)nnc32)CC1. The van der Waals surface area contributed by atoms with Crippen LogP contribution in [0.25, 0.3) is 22.3 Å². The average Bonchev–Trinajstić information content (AvgIpc) is 3.20. The van der Waals surface area contributed by atoms with Gasteiger partial charge in [-0.05, 0) is 26.3 Å². The fourth-order valence-electron chi connectivity index (χ4n) is 4.57. The number of nitrogens with zero attached hydrogens (tertiary/aromatic N) is 7. The number of piperazine rings is 1. The van der Waals surface area contributed by atoms with Crippen LogP contribution in [-0.2, 0) is 6.54 Å². The Morgan fingerprint density at radius 1 is 0.871 bits per heavy atom. The zero-order chi connectivity index (χ0) is 21.2. The lowest BCUT2D eigenvalue weighted by molar-refractivity contribution is 0.149. The smallest absolute Gasteiger partial charge is 0.184 e. The molecule has 0 radical (unpaired) electrons. The number of halogens is 1. The van der Waals surface area contributed by atoms with E-state index in [0.717, 1.165) is 80.5 Å². The van der Waals surface area contributed by atoms with E-state index in [-0.39, 0.29) is 0 Å². The summed E-state index contributed by atoms with van der Waals surface area (Å²) in [4.78, 5) is 7.26. The van der Waals surface area contributed by atoms with Crippen molar-refractivity contribution in [1.29, 1.82) is 0 Å². The fourth-order valence-corrected chi connectivity index (χ4v) is 4.89. The molecule has 0 spiro atoms. The van der Waals surface area contributed by atoms with Gasteiger partial charge in [0.1, 0.15) is 5.69 Å². The highest BCUT2D eigenvalue weighted by molar-refractivity contribution is 6.38. The molecule has 31 heavy (non-hydrogen) atoms. The zero-order valence-electron chi connectivity index (χ0n) is 18.2. The summed E-state index contributed by atoms with van der Waals surface area (Å²) >= 11 is 6.98. The molecule has 0 aliphatic carbocycles. The highest BCUT2D eigenvalue weighted by Gasteiger charge is 2.25. The summed E-state index contributed by atoms with van der Waals surface area (Å²) in [5, 5.41) is 15.8. The number of benzene rings is 1. The molecule has 1 aromatic carbocycles. The van der Waals surface area contributed by atoms with Gasteiger partial charge in [0.05, 0.1) is 17.0 Å². The minimum absolute atomic E-state index is 0.655. The van der Waals surface area contributed by atoms with E-state index in [0.29, 0.717) is 5.02 Å². The summed E-state index contributed by atoms with van der Waals surface area (Å²) in [5.74, 6) is 0.963. The Balaban J connectivity index is 1.51. The van der Waals surface area contributed by atoms with Crippen LogP contribution in [0.3, 0.4) is 0 Å². The highest BCUT2D eigenvalue weighted by Crippen LogP contribution is 2.37. The van der Waals surface area contributed by atoms with Crippen LogP contribution in [0.2, 0.25) is 5.02 Å². The van der Waals surface area contributed by atoms with E-state index in [1.165, 1.54) is 19.3 Å². The largest absolute Gasteiger partial charge is 0.355 e. The van der Waals surface area contributed by atoms with E-state index in [4.69, 9.17) is 16.7 Å². The summed E-state index contributed by atoms with van der Waals surface area (Å²) in [6, 6.07) is 10.1. The average molecular weight is 440 g/mol. The molecule has 2 aromatic heterocycles. The Bertz CT molecular complexity index is 1020. The first-order valence-corrected chi connectivity index (χ1v) is 11.7. The van der Waals surface area contributed by atoms with Gasteiger partial charge in [-0.25, -0.2) is 4.68 Å². The molecule has 0 N–H and O–H groups in total. The first-order valence-electron chi connectivity index (χ1n) is 11.3. The molecule has 0 unspecified atom stereocenters. The quantitative estimate of drug-likeness (QED) is 0.607. The normalized spacial score (nSPS) is 18.7. The molecule has 0 bridgehead atoms. The Morgan fingerprint density at radius 2 is 1.61 bits per heavy atom. The molecule has 7 nitrogen and oxygen atoms in total. The van der Waals surface area contributed by atoms with E-state index in [9.17, 15) is 0 Å². The van der Waals surface area contributed by atoms with E-state index < -0.39 is 0 Å². The van der Waals surface area contributed by atoms with E-state index in [1.807, 2.05) is 35.0 Å². The summed E-state index contributed by atoms with van der Waals surface area (Å²) in [7, 11) is 2.19. The number of hydrogen-bond acceptors (Lipinski definition) is 6. The number of aromatic nitrogens is 4. The molecule has 0 saturated carbocycles. The number of anilines is 1. The summed E-state index contributed by atoms with van der Waals surface area (Å²) < 4.78 is 2.02. The molecule has 0 atom stereocenters. The van der Waals surface area contributed by atoms with Gasteiger partial charge < -0.3 is 9.80 Å². The molecule has 0 amide bonds. The number of rotatable bonds is 5. The topological polar surface area (TPSA) is 53.3 Å². The highest BCUT2D eigenvalue weighted by atomic mass is 35.5. The molecule has 4 heterocycles. The van der Waals surface area contributed by atoms with Crippen LogP contribution in [0.5, 0.6) is 0 Å². The van der Waals surface area contributed by atoms with Gasteiger partial charge in [0.2, 0.25) is 0 Å². The molecule has 2 fully saturated rings. The third-order valence-corrected chi connectivity index (χ3v) is 6.87. The van der Waals surface area contributed by atoms with E-state index in [2.05, 4.69) is 31.9 Å². The second-order valence-corrected chi connectivity index (χ2v) is 9.04. The molecule has 2 aliphatic rings. The molecule has 8 heteroatoms. The minimum atomic E-state index is 0.655. The van der Waals surface area contributed by atoms with Crippen molar-refractivity contribution >= 4 is 28.5 Å². The Hall–Kier alpha value is -2.22. The second-order valence-electron chi connectivity index (χ2n) is 8.67. The van der Waals surface area contributed by atoms with Crippen molar-refractivity contribution < 1.29 is 0 Å². The summed E-state index contributed by atoms with van der Waals surface area (Å²) in [5.41, 5.74) is 2.50. The maximum atomic E-state index is 6.98. The van der Waals surface area contributed by atoms with Crippen molar-refractivity contribution in [3.8, 4) is 11.3 Å². The Labute approximate surface area is 188 Å². The second kappa shape index (κ2) is 9.10. The van der Waals surface area contributed by atoms with Gasteiger partial charge in [0.25, 0.3) is 0 Å². The maximum Gasteiger partial charge on any atom is 0.184 e. The van der Waals surface area contributed by atoms with E-state index >= 15 is 0 Å². The van der Waals surface area contributed by atoms with Crippen molar-refractivity contribution in [3.63, 3.8) is 0 Å². The lowest BCUT2D eigenvalue weighted by atomic mass is 10.1. The first kappa shape index (κ1) is 20.7. The minimum Gasteiger partial charge on any atom is -0.355 e. The van der Waals surface area contributed by atoms with Crippen LogP contribution < -0.4 is 4.90 Å². The molecule has 2 saturated heterocycles. The monoisotopic (exact) mass is 439 g/mol. The Morgan fingerprint density at radius 3 is 2.35 bits per heavy atom. The van der Waals surface area contributed by atoms with Gasteiger partial charge in [0.15, 0.2) is 11.5 Å². The van der Waals surface area contributed by atoms with Gasteiger partial charge in [-0.1, -0.05) is 41.9 Å². The number of fused-ring (bicyclic) bond motifs is 1. The van der Waals surface area contributed by atoms with Crippen molar-refractivity contribution in [2.75, 3.05) is 57.8 Å². The summed E-state index contributed by atoms with van der Waals surface area (Å²) in [6.07, 6.45) is 3.66. The van der Waals surface area contributed by atoms with Gasteiger partial charge in [-0.3, -0.25) is 4.90 Å². The third kappa shape index (κ3) is 4.27. The molecule has 2 aliphatic heterocycles. The molecule has 164 valence electrons. The standard InChI is InChI=1S/C23H30ClN7/c1-28-12-14-29(15-13-28)16-17-31-22-19(23(27-31)30-10-6-3-7-11-30)20(24)21(25-26-22)18-8-4-2-5-9-18/h2,4-5,8-9H,3,6-7,10-17H2,1H3. The van der Waals surface area contributed by atoms with Crippen LogP contribution >= 0.6 is 11.6 Å². The molecule has 3 aromatic rings. The van der Waals surface area contributed by atoms with Crippen molar-refractivity contribution in [1.82, 2.24) is 29.8 Å². The van der Waals surface area contributed by atoms with Crippen LogP contribution in [0.1, 0.15) is 19.3 Å². The van der Waals surface area contributed by atoms with Crippen molar-refractivity contribution in [3.05, 3.63) is 35.4 Å². The van der Waals surface area contributed by atoms with Crippen LogP contribution in [0, 0.1) is 0 Å². The molecular weight excluding hydrogens is 410 g/mol. The van der Waals surface area contributed by atoms with E-state index in [1.54, 1.807) is 0 Å². The number of likely N-dealkylation sites (N-methyl/N-ethyl adjacent to an activating group) is 1. The molecule has 5 rings (SSSR count).